The van der Waals surface area contributed by atoms with Crippen molar-refractivity contribution in [3.05, 3.63) is 82.4 Å². The normalized spacial score (nSPS) is 16.6. The van der Waals surface area contributed by atoms with Gasteiger partial charge < -0.3 is 10.6 Å². The van der Waals surface area contributed by atoms with Crippen molar-refractivity contribution in [3.8, 4) is 0 Å². The molecular formula is C19H14N2O2. The van der Waals surface area contributed by atoms with Crippen LogP contribution in [0.4, 0.5) is 0 Å². The molecule has 0 aliphatic carbocycles. The molecule has 0 bridgehead atoms. The van der Waals surface area contributed by atoms with Crippen LogP contribution in [0.25, 0.3) is 11.4 Å². The van der Waals surface area contributed by atoms with E-state index in [0.29, 0.717) is 22.5 Å². The number of hydrogen-bond acceptors (Lipinski definition) is 2. The summed E-state index contributed by atoms with van der Waals surface area (Å²) in [5, 5.41) is 5.68. The Morgan fingerprint density at radius 3 is 1.65 bits per heavy atom. The molecule has 2 aromatic carbocycles. The Hall–Kier alpha value is -3.14. The zero-order valence-electron chi connectivity index (χ0n) is 12.5. The van der Waals surface area contributed by atoms with E-state index in [4.69, 9.17) is 0 Å². The van der Waals surface area contributed by atoms with Crippen LogP contribution >= 0.6 is 0 Å². The first-order valence-corrected chi connectivity index (χ1v) is 7.39. The Morgan fingerprint density at radius 1 is 0.652 bits per heavy atom. The number of benzene rings is 2. The summed E-state index contributed by atoms with van der Waals surface area (Å²) in [6.07, 6.45) is 0. The first kappa shape index (κ1) is 13.5. The molecule has 2 aromatic rings. The Morgan fingerprint density at radius 2 is 1.13 bits per heavy atom. The molecule has 0 atom stereocenters. The van der Waals surface area contributed by atoms with E-state index < -0.39 is 0 Å². The van der Waals surface area contributed by atoms with Gasteiger partial charge in [-0.15, -0.1) is 0 Å². The zero-order valence-corrected chi connectivity index (χ0v) is 12.5. The van der Waals surface area contributed by atoms with Crippen molar-refractivity contribution in [3.63, 3.8) is 0 Å². The lowest BCUT2D eigenvalue weighted by molar-refractivity contribution is -0.117. The standard InChI is InChI=1S/C19H14N2O2/c1-11-7-9-13(10-8-11)17-15-14(18(22)21-17)16(20-19(15)23)12-5-3-2-4-6-12/h2-10H,1H3,(H,20,23)(H,21,22). The molecule has 2 N–H and O–H groups in total. The molecule has 4 rings (SSSR count). The Balaban J connectivity index is 1.90. The number of hydrogen-bond donors (Lipinski definition) is 2. The van der Waals surface area contributed by atoms with Crippen molar-refractivity contribution in [1.82, 2.24) is 10.6 Å². The lowest BCUT2D eigenvalue weighted by Crippen LogP contribution is -2.21. The summed E-state index contributed by atoms with van der Waals surface area (Å²) in [6, 6.07) is 17.2. The Kier molecular flexibility index (Phi) is 2.91. The Bertz CT molecular complexity index is 891. The number of carbonyl (C=O) groups is 2. The number of aryl methyl sites for hydroxylation is 1. The minimum atomic E-state index is -0.243. The average molecular weight is 302 g/mol. The van der Waals surface area contributed by atoms with Gasteiger partial charge in [-0.3, -0.25) is 9.59 Å². The van der Waals surface area contributed by atoms with E-state index >= 15 is 0 Å². The molecule has 0 aromatic heterocycles. The molecule has 2 aliphatic heterocycles. The average Bonchev–Trinajstić information content (AvgIpc) is 3.09. The van der Waals surface area contributed by atoms with Crippen LogP contribution in [-0.4, -0.2) is 11.8 Å². The van der Waals surface area contributed by atoms with Gasteiger partial charge in [0.25, 0.3) is 11.8 Å². The summed E-state index contributed by atoms with van der Waals surface area (Å²) >= 11 is 0. The van der Waals surface area contributed by atoms with Crippen LogP contribution in [0.15, 0.2) is 65.7 Å². The molecule has 0 fully saturated rings. The third-order valence-corrected chi connectivity index (χ3v) is 4.08. The maximum atomic E-state index is 12.4. The van der Waals surface area contributed by atoms with Crippen molar-refractivity contribution < 1.29 is 9.59 Å². The van der Waals surface area contributed by atoms with Gasteiger partial charge >= 0.3 is 0 Å². The van der Waals surface area contributed by atoms with E-state index in [0.717, 1.165) is 16.7 Å². The van der Waals surface area contributed by atoms with Gasteiger partial charge in [-0.25, -0.2) is 0 Å². The van der Waals surface area contributed by atoms with Gasteiger partial charge in [-0.1, -0.05) is 60.2 Å². The zero-order chi connectivity index (χ0) is 16.0. The number of rotatable bonds is 2. The minimum Gasteiger partial charge on any atom is -0.321 e. The molecule has 0 saturated carbocycles. The molecule has 0 saturated heterocycles. The van der Waals surface area contributed by atoms with Crippen LogP contribution in [0, 0.1) is 6.92 Å². The van der Waals surface area contributed by atoms with Gasteiger partial charge in [0.1, 0.15) is 0 Å². The van der Waals surface area contributed by atoms with Crippen molar-refractivity contribution in [2.75, 3.05) is 0 Å². The lowest BCUT2D eigenvalue weighted by atomic mass is 10.0. The fourth-order valence-electron chi connectivity index (χ4n) is 2.94. The van der Waals surface area contributed by atoms with Gasteiger partial charge in [0.2, 0.25) is 0 Å². The van der Waals surface area contributed by atoms with E-state index in [1.807, 2.05) is 61.5 Å². The molecule has 0 spiro atoms. The molecular weight excluding hydrogens is 288 g/mol. The molecule has 23 heavy (non-hydrogen) atoms. The summed E-state index contributed by atoms with van der Waals surface area (Å²) in [5.41, 5.74) is 4.79. The number of fused-ring (bicyclic) bond motifs is 1. The molecule has 2 amide bonds. The van der Waals surface area contributed by atoms with E-state index in [1.165, 1.54) is 0 Å². The summed E-state index contributed by atoms with van der Waals surface area (Å²) in [5.74, 6) is -0.486. The highest BCUT2D eigenvalue weighted by Gasteiger charge is 2.40. The van der Waals surface area contributed by atoms with Crippen molar-refractivity contribution in [1.29, 1.82) is 0 Å². The second kappa shape index (κ2) is 4.95. The number of nitrogens with one attached hydrogen (secondary N) is 2. The molecule has 112 valence electrons. The fourth-order valence-corrected chi connectivity index (χ4v) is 2.94. The monoisotopic (exact) mass is 302 g/mol. The summed E-state index contributed by atoms with van der Waals surface area (Å²) in [4.78, 5) is 24.9. The van der Waals surface area contributed by atoms with Crippen LogP contribution in [0.5, 0.6) is 0 Å². The van der Waals surface area contributed by atoms with Gasteiger partial charge in [-0.05, 0) is 18.1 Å². The van der Waals surface area contributed by atoms with Crippen molar-refractivity contribution in [2.24, 2.45) is 0 Å². The maximum absolute atomic E-state index is 12.4. The second-order valence-corrected chi connectivity index (χ2v) is 5.64. The summed E-state index contributed by atoms with van der Waals surface area (Å²) < 4.78 is 0. The van der Waals surface area contributed by atoms with Crippen LogP contribution in [-0.2, 0) is 9.59 Å². The van der Waals surface area contributed by atoms with Crippen molar-refractivity contribution >= 4 is 23.2 Å². The van der Waals surface area contributed by atoms with Gasteiger partial charge in [0, 0.05) is 0 Å². The topological polar surface area (TPSA) is 58.2 Å². The SMILES string of the molecule is Cc1ccc(C2=C3C(=O)NC(c4ccccc4)=C3C(=O)N2)cc1. The second-order valence-electron chi connectivity index (χ2n) is 5.64. The van der Waals surface area contributed by atoms with Crippen LogP contribution in [0.3, 0.4) is 0 Å². The van der Waals surface area contributed by atoms with E-state index in [2.05, 4.69) is 10.6 Å². The number of amides is 2. The summed E-state index contributed by atoms with van der Waals surface area (Å²) in [6.45, 7) is 2.00. The van der Waals surface area contributed by atoms with Gasteiger partial charge in [0.15, 0.2) is 0 Å². The fraction of sp³-hybridized carbons (Fsp3) is 0.0526. The minimum absolute atomic E-state index is 0.243. The number of carbonyl (C=O) groups excluding carboxylic acids is 2. The highest BCUT2D eigenvalue weighted by Crippen LogP contribution is 2.37. The quantitative estimate of drug-likeness (QED) is 0.895. The van der Waals surface area contributed by atoms with Crippen LogP contribution < -0.4 is 10.6 Å². The molecule has 4 nitrogen and oxygen atoms in total. The van der Waals surface area contributed by atoms with Crippen molar-refractivity contribution in [2.45, 2.75) is 6.92 Å². The molecule has 0 unspecified atom stereocenters. The molecule has 2 heterocycles. The molecule has 4 heteroatoms. The third kappa shape index (κ3) is 2.07. The third-order valence-electron chi connectivity index (χ3n) is 4.08. The first-order chi connectivity index (χ1) is 11.1. The molecule has 2 aliphatic rings. The maximum Gasteiger partial charge on any atom is 0.258 e. The van der Waals surface area contributed by atoms with Gasteiger partial charge in [-0.2, -0.15) is 0 Å². The first-order valence-electron chi connectivity index (χ1n) is 7.39. The van der Waals surface area contributed by atoms with Crippen LogP contribution in [0.1, 0.15) is 16.7 Å². The Labute approximate surface area is 133 Å². The predicted octanol–water partition coefficient (Wildman–Crippen LogP) is 2.38. The van der Waals surface area contributed by atoms with Gasteiger partial charge in [0.05, 0.1) is 22.5 Å². The highest BCUT2D eigenvalue weighted by molar-refractivity contribution is 6.30. The van der Waals surface area contributed by atoms with E-state index in [-0.39, 0.29) is 11.8 Å². The summed E-state index contributed by atoms with van der Waals surface area (Å²) in [7, 11) is 0. The lowest BCUT2D eigenvalue weighted by Gasteiger charge is -2.07. The van der Waals surface area contributed by atoms with E-state index in [9.17, 15) is 9.59 Å². The smallest absolute Gasteiger partial charge is 0.258 e. The largest absolute Gasteiger partial charge is 0.321 e. The molecule has 0 radical (unpaired) electrons. The van der Waals surface area contributed by atoms with Crippen LogP contribution in [0.2, 0.25) is 0 Å². The predicted molar refractivity (Wildman–Crippen MR) is 87.7 cm³/mol. The highest BCUT2D eigenvalue weighted by atomic mass is 16.2. The van der Waals surface area contributed by atoms with E-state index in [1.54, 1.807) is 0 Å².